The molecule has 0 aliphatic carbocycles. The number of fused-ring (bicyclic) bond motifs is 1. The molecule has 1 aromatic carbocycles. The van der Waals surface area contributed by atoms with E-state index in [0.717, 1.165) is 17.5 Å². The summed E-state index contributed by atoms with van der Waals surface area (Å²) in [4.78, 5) is 16.4. The fourth-order valence-corrected chi connectivity index (χ4v) is 3.63. The number of aliphatic hydroxyl groups is 1. The van der Waals surface area contributed by atoms with Crippen LogP contribution in [-0.4, -0.2) is 41.2 Å². The summed E-state index contributed by atoms with van der Waals surface area (Å²) in [6, 6.07) is 6.82. The minimum absolute atomic E-state index is 0.107. The van der Waals surface area contributed by atoms with E-state index in [2.05, 4.69) is 20.5 Å². The average molecular weight is 501 g/mol. The van der Waals surface area contributed by atoms with Crippen molar-refractivity contribution >= 4 is 22.5 Å². The number of pyridine rings is 1. The number of anilines is 1. The van der Waals surface area contributed by atoms with Gasteiger partial charge in [-0.25, -0.2) is 4.98 Å². The fraction of sp³-hybridized carbons (Fsp3) is 0.360. The van der Waals surface area contributed by atoms with Crippen molar-refractivity contribution in [2.24, 2.45) is 0 Å². The highest BCUT2D eigenvalue weighted by Crippen LogP contribution is 2.33. The SMILES string of the molecule is CC(C)n1cc(-c2cc3nn(CCC(C)(C)O)cc3cc2NC(=O)c2cccc(C(F)(F)F)n2)cn1. The lowest BCUT2D eigenvalue weighted by atomic mass is 10.0. The third kappa shape index (κ3) is 5.73. The van der Waals surface area contributed by atoms with Gasteiger partial charge in [0.15, 0.2) is 0 Å². The first-order valence-corrected chi connectivity index (χ1v) is 11.4. The van der Waals surface area contributed by atoms with E-state index in [-0.39, 0.29) is 11.7 Å². The van der Waals surface area contributed by atoms with Gasteiger partial charge in [0.2, 0.25) is 0 Å². The Labute approximate surface area is 205 Å². The van der Waals surface area contributed by atoms with E-state index in [1.54, 1.807) is 47.7 Å². The van der Waals surface area contributed by atoms with Crippen LogP contribution in [0.25, 0.3) is 22.0 Å². The zero-order chi connectivity index (χ0) is 26.3. The summed E-state index contributed by atoms with van der Waals surface area (Å²) in [5, 5.41) is 22.4. The average Bonchev–Trinajstić information content (AvgIpc) is 3.43. The molecule has 0 saturated heterocycles. The molecule has 11 heteroatoms. The molecule has 0 unspecified atom stereocenters. The van der Waals surface area contributed by atoms with Gasteiger partial charge in [0.25, 0.3) is 5.91 Å². The molecule has 1 amide bonds. The number of benzene rings is 1. The molecule has 0 aliphatic heterocycles. The van der Waals surface area contributed by atoms with Crippen LogP contribution in [0.15, 0.2) is 48.9 Å². The number of aryl methyl sites for hydroxylation is 1. The Morgan fingerprint density at radius 2 is 1.92 bits per heavy atom. The highest BCUT2D eigenvalue weighted by Gasteiger charge is 2.33. The predicted molar refractivity (Wildman–Crippen MR) is 129 cm³/mol. The number of aromatic nitrogens is 5. The van der Waals surface area contributed by atoms with Crippen molar-refractivity contribution < 1.29 is 23.1 Å². The molecule has 190 valence electrons. The zero-order valence-electron chi connectivity index (χ0n) is 20.3. The standard InChI is InChI=1S/C25H27F3N6O2/c1-15(2)34-14-17(12-29-34)18-11-20-16(13-33(32-20)9-8-24(3,4)36)10-21(18)31-23(35)19-6-5-7-22(30-19)25(26,27)28/h5-7,10-15,36H,8-9H2,1-4H3,(H,31,35). The second kappa shape index (κ2) is 9.38. The van der Waals surface area contributed by atoms with Gasteiger partial charge in [0, 0.05) is 47.2 Å². The number of carbonyl (C=O) groups excluding carboxylic acids is 1. The predicted octanol–water partition coefficient (Wildman–Crippen LogP) is 5.31. The molecule has 3 aromatic heterocycles. The van der Waals surface area contributed by atoms with E-state index in [9.17, 15) is 23.1 Å². The van der Waals surface area contributed by atoms with Crippen LogP contribution in [0.5, 0.6) is 0 Å². The summed E-state index contributed by atoms with van der Waals surface area (Å²) >= 11 is 0. The molecule has 0 spiro atoms. The highest BCUT2D eigenvalue weighted by molar-refractivity contribution is 6.07. The molecule has 0 atom stereocenters. The van der Waals surface area contributed by atoms with Crippen LogP contribution in [0.1, 0.15) is 56.3 Å². The number of hydrogen-bond acceptors (Lipinski definition) is 5. The topological polar surface area (TPSA) is 97.9 Å². The number of amides is 1. The molecule has 8 nitrogen and oxygen atoms in total. The first-order chi connectivity index (χ1) is 16.8. The van der Waals surface area contributed by atoms with Crippen molar-refractivity contribution in [3.05, 3.63) is 60.3 Å². The largest absolute Gasteiger partial charge is 0.433 e. The maximum Gasteiger partial charge on any atom is 0.433 e. The van der Waals surface area contributed by atoms with E-state index in [1.165, 1.54) is 6.07 Å². The van der Waals surface area contributed by atoms with Crippen molar-refractivity contribution in [3.8, 4) is 11.1 Å². The van der Waals surface area contributed by atoms with E-state index in [4.69, 9.17) is 0 Å². The van der Waals surface area contributed by atoms with Crippen molar-refractivity contribution in [2.75, 3.05) is 5.32 Å². The number of nitrogens with zero attached hydrogens (tertiary/aromatic N) is 5. The van der Waals surface area contributed by atoms with Gasteiger partial charge in [-0.3, -0.25) is 14.2 Å². The molecular weight excluding hydrogens is 473 g/mol. The molecular formula is C25H27F3N6O2. The van der Waals surface area contributed by atoms with Crippen LogP contribution in [0.2, 0.25) is 0 Å². The fourth-order valence-electron chi connectivity index (χ4n) is 3.63. The summed E-state index contributed by atoms with van der Waals surface area (Å²) < 4.78 is 42.8. The van der Waals surface area contributed by atoms with Crippen LogP contribution in [0.4, 0.5) is 18.9 Å². The molecule has 2 N–H and O–H groups in total. The van der Waals surface area contributed by atoms with Crippen molar-refractivity contribution in [1.29, 1.82) is 0 Å². The van der Waals surface area contributed by atoms with Gasteiger partial charge in [0.05, 0.1) is 17.3 Å². The molecule has 0 aliphatic rings. The van der Waals surface area contributed by atoms with Gasteiger partial charge < -0.3 is 10.4 Å². The Morgan fingerprint density at radius 1 is 1.17 bits per heavy atom. The number of alkyl halides is 3. The van der Waals surface area contributed by atoms with Crippen LogP contribution in [0.3, 0.4) is 0 Å². The normalized spacial score (nSPS) is 12.5. The number of halogens is 3. The van der Waals surface area contributed by atoms with Crippen molar-refractivity contribution in [3.63, 3.8) is 0 Å². The highest BCUT2D eigenvalue weighted by atomic mass is 19.4. The van der Waals surface area contributed by atoms with E-state index in [1.807, 2.05) is 20.0 Å². The maximum absolute atomic E-state index is 13.1. The molecule has 0 bridgehead atoms. The van der Waals surface area contributed by atoms with Crippen molar-refractivity contribution in [2.45, 2.75) is 58.5 Å². The molecule has 0 saturated carbocycles. The summed E-state index contributed by atoms with van der Waals surface area (Å²) in [6.07, 6.45) is 1.10. The number of hydrogen-bond donors (Lipinski definition) is 2. The zero-order valence-corrected chi connectivity index (χ0v) is 20.3. The third-order valence-electron chi connectivity index (χ3n) is 5.61. The molecule has 3 heterocycles. The Balaban J connectivity index is 1.74. The van der Waals surface area contributed by atoms with Crippen LogP contribution in [0, 0.1) is 0 Å². The van der Waals surface area contributed by atoms with Gasteiger partial charge in [-0.2, -0.15) is 23.4 Å². The van der Waals surface area contributed by atoms with Gasteiger partial charge in [-0.05, 0) is 58.4 Å². The lowest BCUT2D eigenvalue weighted by Crippen LogP contribution is -2.21. The first-order valence-electron chi connectivity index (χ1n) is 11.4. The Bertz CT molecular complexity index is 1400. The minimum atomic E-state index is -4.66. The van der Waals surface area contributed by atoms with Crippen LogP contribution < -0.4 is 5.32 Å². The quantitative estimate of drug-likeness (QED) is 0.359. The lowest BCUT2D eigenvalue weighted by molar-refractivity contribution is -0.141. The number of carbonyl (C=O) groups is 1. The minimum Gasteiger partial charge on any atom is -0.390 e. The molecule has 4 aromatic rings. The third-order valence-corrected chi connectivity index (χ3v) is 5.61. The Hall–Kier alpha value is -3.73. The van der Waals surface area contributed by atoms with Crippen molar-refractivity contribution in [1.82, 2.24) is 24.5 Å². The second-order valence-corrected chi connectivity index (χ2v) is 9.57. The Morgan fingerprint density at radius 3 is 2.56 bits per heavy atom. The van der Waals surface area contributed by atoms with E-state index >= 15 is 0 Å². The summed E-state index contributed by atoms with van der Waals surface area (Å²) in [6.45, 7) is 7.87. The summed E-state index contributed by atoms with van der Waals surface area (Å²) in [5.74, 6) is -0.771. The van der Waals surface area contributed by atoms with Crippen LogP contribution >= 0.6 is 0 Å². The van der Waals surface area contributed by atoms with Gasteiger partial charge in [0.1, 0.15) is 11.4 Å². The second-order valence-electron chi connectivity index (χ2n) is 9.57. The summed E-state index contributed by atoms with van der Waals surface area (Å²) in [5.41, 5.74) is 0.0228. The molecule has 0 radical (unpaired) electrons. The number of rotatable bonds is 7. The maximum atomic E-state index is 13.1. The number of nitrogens with one attached hydrogen (secondary N) is 1. The van der Waals surface area contributed by atoms with Gasteiger partial charge in [-0.1, -0.05) is 6.07 Å². The molecule has 4 rings (SSSR count). The lowest BCUT2D eigenvalue weighted by Gasteiger charge is -2.16. The smallest absolute Gasteiger partial charge is 0.390 e. The van der Waals surface area contributed by atoms with Crippen LogP contribution in [-0.2, 0) is 12.7 Å². The van der Waals surface area contributed by atoms with E-state index < -0.39 is 23.4 Å². The first kappa shape index (κ1) is 25.4. The summed E-state index contributed by atoms with van der Waals surface area (Å²) in [7, 11) is 0. The van der Waals surface area contributed by atoms with Gasteiger partial charge in [-0.15, -0.1) is 0 Å². The van der Waals surface area contributed by atoms with Gasteiger partial charge >= 0.3 is 6.18 Å². The van der Waals surface area contributed by atoms with E-state index in [0.29, 0.717) is 35.3 Å². The Kier molecular flexibility index (Phi) is 6.61. The monoisotopic (exact) mass is 500 g/mol. The molecule has 36 heavy (non-hydrogen) atoms. The molecule has 0 fully saturated rings.